The highest BCUT2D eigenvalue weighted by molar-refractivity contribution is 7.14. The van der Waals surface area contributed by atoms with Crippen molar-refractivity contribution in [2.75, 3.05) is 26.8 Å². The van der Waals surface area contributed by atoms with E-state index in [9.17, 15) is 9.59 Å². The second-order valence-electron chi connectivity index (χ2n) is 4.48. The van der Waals surface area contributed by atoms with Gasteiger partial charge in [-0.1, -0.05) is 0 Å². The molecular formula is C13H17NO4S. The lowest BCUT2D eigenvalue weighted by Crippen LogP contribution is -2.48. The van der Waals surface area contributed by atoms with Gasteiger partial charge in [-0.25, -0.2) is 4.79 Å². The molecule has 1 aromatic heterocycles. The molecule has 104 valence electrons. The minimum absolute atomic E-state index is 0.0431. The van der Waals surface area contributed by atoms with Crippen LogP contribution in [-0.4, -0.2) is 49.7 Å². The Morgan fingerprint density at radius 1 is 1.47 bits per heavy atom. The lowest BCUT2D eigenvalue weighted by Gasteiger charge is -2.31. The molecule has 1 fully saturated rings. The van der Waals surface area contributed by atoms with E-state index in [1.165, 1.54) is 18.4 Å². The van der Waals surface area contributed by atoms with Crippen LogP contribution in [0.25, 0.3) is 0 Å². The maximum Gasteiger partial charge on any atom is 0.336 e. The first-order valence-electron chi connectivity index (χ1n) is 6.08. The summed E-state index contributed by atoms with van der Waals surface area (Å²) in [5, 5.41) is 0. The maximum atomic E-state index is 12.4. The van der Waals surface area contributed by atoms with E-state index in [1.807, 2.05) is 19.9 Å². The predicted octanol–water partition coefficient (Wildman–Crippen LogP) is 1.38. The highest BCUT2D eigenvalue weighted by atomic mass is 32.1. The summed E-state index contributed by atoms with van der Waals surface area (Å²) >= 11 is 1.48. The molecule has 0 radical (unpaired) electrons. The van der Waals surface area contributed by atoms with Crippen LogP contribution < -0.4 is 0 Å². The molecule has 0 spiro atoms. The number of nitrogens with zero attached hydrogens (tertiary/aromatic N) is 1. The van der Waals surface area contributed by atoms with E-state index in [4.69, 9.17) is 4.74 Å². The number of amides is 1. The monoisotopic (exact) mass is 283 g/mol. The van der Waals surface area contributed by atoms with Crippen molar-refractivity contribution in [2.45, 2.75) is 20.0 Å². The van der Waals surface area contributed by atoms with Gasteiger partial charge >= 0.3 is 5.97 Å². The molecule has 5 nitrogen and oxygen atoms in total. The van der Waals surface area contributed by atoms with Gasteiger partial charge in [-0.05, 0) is 25.5 Å². The van der Waals surface area contributed by atoms with Gasteiger partial charge in [0.05, 0.1) is 25.1 Å². The van der Waals surface area contributed by atoms with Crippen LogP contribution in [0.4, 0.5) is 0 Å². The summed E-state index contributed by atoms with van der Waals surface area (Å²) in [5.41, 5.74) is 1.12. The Balaban J connectivity index is 2.09. The number of thiophene rings is 1. The molecule has 2 heterocycles. The molecule has 1 atom stereocenters. The highest BCUT2D eigenvalue weighted by Crippen LogP contribution is 2.23. The number of aryl methyl sites for hydroxylation is 2. The summed E-state index contributed by atoms with van der Waals surface area (Å²) in [7, 11) is 1.32. The molecule has 0 aromatic carbocycles. The third-order valence-electron chi connectivity index (χ3n) is 3.19. The number of hydrogen-bond acceptors (Lipinski definition) is 5. The van der Waals surface area contributed by atoms with Gasteiger partial charge in [0, 0.05) is 11.4 Å². The normalized spacial score (nSPS) is 19.3. The number of carbonyl (C=O) groups excluding carboxylic acids is 2. The fourth-order valence-corrected chi connectivity index (χ4v) is 2.94. The summed E-state index contributed by atoms with van der Waals surface area (Å²) in [5.74, 6) is -0.477. The van der Waals surface area contributed by atoms with E-state index < -0.39 is 12.1 Å². The van der Waals surface area contributed by atoms with E-state index in [0.29, 0.717) is 18.0 Å². The SMILES string of the molecule is COC(=O)C1CN(C(=O)c2cc(C)c(C)s2)CCO1. The molecule has 19 heavy (non-hydrogen) atoms. The number of rotatable bonds is 2. The van der Waals surface area contributed by atoms with Crippen LogP contribution in [-0.2, 0) is 14.3 Å². The fraction of sp³-hybridized carbons (Fsp3) is 0.538. The Morgan fingerprint density at radius 3 is 2.79 bits per heavy atom. The number of morpholine rings is 1. The third kappa shape index (κ3) is 2.96. The summed E-state index contributed by atoms with van der Waals surface area (Å²) < 4.78 is 9.96. The number of carbonyl (C=O) groups is 2. The first-order valence-corrected chi connectivity index (χ1v) is 6.90. The predicted molar refractivity (Wildman–Crippen MR) is 71.5 cm³/mol. The lowest BCUT2D eigenvalue weighted by molar-refractivity contribution is -0.158. The van der Waals surface area contributed by atoms with Crippen LogP contribution in [0, 0.1) is 13.8 Å². The van der Waals surface area contributed by atoms with Crippen LogP contribution >= 0.6 is 11.3 Å². The number of hydrogen-bond donors (Lipinski definition) is 0. The summed E-state index contributed by atoms with van der Waals surface area (Å²) in [6.07, 6.45) is -0.676. The van der Waals surface area contributed by atoms with Crippen molar-refractivity contribution >= 4 is 23.2 Å². The van der Waals surface area contributed by atoms with Crippen molar-refractivity contribution in [1.29, 1.82) is 0 Å². The first kappa shape index (κ1) is 14.0. The van der Waals surface area contributed by atoms with Gasteiger partial charge in [0.2, 0.25) is 0 Å². The van der Waals surface area contributed by atoms with Gasteiger partial charge in [-0.2, -0.15) is 0 Å². The van der Waals surface area contributed by atoms with Crippen molar-refractivity contribution < 1.29 is 19.1 Å². The van der Waals surface area contributed by atoms with E-state index in [1.54, 1.807) is 4.90 Å². The maximum absolute atomic E-state index is 12.4. The Kier molecular flexibility index (Phi) is 4.21. The molecule has 0 N–H and O–H groups in total. The Labute approximate surface area is 116 Å². The Bertz CT molecular complexity index is 477. The van der Waals surface area contributed by atoms with E-state index in [2.05, 4.69) is 4.74 Å². The van der Waals surface area contributed by atoms with Gasteiger partial charge in [-0.15, -0.1) is 11.3 Å². The van der Waals surface area contributed by atoms with Gasteiger partial charge in [-0.3, -0.25) is 4.79 Å². The van der Waals surface area contributed by atoms with Crippen LogP contribution in [0.15, 0.2) is 6.07 Å². The van der Waals surface area contributed by atoms with Crippen LogP contribution in [0.3, 0.4) is 0 Å². The Morgan fingerprint density at radius 2 is 2.21 bits per heavy atom. The average molecular weight is 283 g/mol. The number of ether oxygens (including phenoxy) is 2. The zero-order chi connectivity index (χ0) is 14.0. The second-order valence-corrected chi connectivity index (χ2v) is 5.74. The van der Waals surface area contributed by atoms with Crippen LogP contribution in [0.2, 0.25) is 0 Å². The first-order chi connectivity index (χ1) is 9.02. The van der Waals surface area contributed by atoms with Crippen molar-refractivity contribution in [3.63, 3.8) is 0 Å². The molecular weight excluding hydrogens is 266 g/mol. The third-order valence-corrected chi connectivity index (χ3v) is 4.34. The van der Waals surface area contributed by atoms with Crippen molar-refractivity contribution in [2.24, 2.45) is 0 Å². The van der Waals surface area contributed by atoms with Gasteiger partial charge in [0.1, 0.15) is 0 Å². The second kappa shape index (κ2) is 5.71. The summed E-state index contributed by atoms with van der Waals surface area (Å²) in [6.45, 7) is 5.09. The minimum Gasteiger partial charge on any atom is -0.467 e. The minimum atomic E-state index is -0.676. The largest absolute Gasteiger partial charge is 0.467 e. The topological polar surface area (TPSA) is 55.8 Å². The van der Waals surface area contributed by atoms with Crippen LogP contribution in [0.5, 0.6) is 0 Å². The smallest absolute Gasteiger partial charge is 0.336 e. The molecule has 6 heteroatoms. The zero-order valence-electron chi connectivity index (χ0n) is 11.3. The summed E-state index contributed by atoms with van der Waals surface area (Å²) in [4.78, 5) is 27.3. The fourth-order valence-electron chi connectivity index (χ4n) is 1.94. The quantitative estimate of drug-likeness (QED) is 0.769. The molecule has 0 bridgehead atoms. The van der Waals surface area contributed by atoms with Crippen molar-refractivity contribution in [3.05, 3.63) is 21.4 Å². The lowest BCUT2D eigenvalue weighted by atomic mass is 10.2. The summed E-state index contributed by atoms with van der Waals surface area (Å²) in [6, 6.07) is 1.89. The van der Waals surface area contributed by atoms with Gasteiger partial charge in [0.25, 0.3) is 5.91 Å². The number of methoxy groups -OCH3 is 1. The molecule has 1 aliphatic heterocycles. The van der Waals surface area contributed by atoms with Gasteiger partial charge in [0.15, 0.2) is 6.10 Å². The molecule has 1 aliphatic rings. The number of esters is 1. The van der Waals surface area contributed by atoms with Crippen molar-refractivity contribution in [1.82, 2.24) is 4.90 Å². The van der Waals surface area contributed by atoms with Crippen molar-refractivity contribution in [3.8, 4) is 0 Å². The standard InChI is InChI=1S/C13H17NO4S/c1-8-6-11(19-9(8)2)12(15)14-4-5-18-10(7-14)13(16)17-3/h6,10H,4-5,7H2,1-3H3. The van der Waals surface area contributed by atoms with Crippen LogP contribution in [0.1, 0.15) is 20.1 Å². The molecule has 1 aromatic rings. The zero-order valence-corrected chi connectivity index (χ0v) is 12.1. The van der Waals surface area contributed by atoms with E-state index >= 15 is 0 Å². The van der Waals surface area contributed by atoms with E-state index in [0.717, 1.165) is 10.4 Å². The molecule has 1 saturated heterocycles. The van der Waals surface area contributed by atoms with E-state index in [-0.39, 0.29) is 12.5 Å². The molecule has 1 unspecified atom stereocenters. The van der Waals surface area contributed by atoms with Gasteiger partial charge < -0.3 is 14.4 Å². The molecule has 0 saturated carbocycles. The average Bonchev–Trinajstić information content (AvgIpc) is 2.77. The highest BCUT2D eigenvalue weighted by Gasteiger charge is 2.30. The molecule has 1 amide bonds. The molecule has 2 rings (SSSR count). The Hall–Kier alpha value is -1.40. The molecule has 0 aliphatic carbocycles.